The first-order chi connectivity index (χ1) is 9.15. The van der Waals surface area contributed by atoms with Crippen LogP contribution in [0.15, 0.2) is 28.7 Å². The second-order valence-electron chi connectivity index (χ2n) is 4.08. The number of benzene rings is 1. The largest absolute Gasteiger partial charge is 0.426 e. The van der Waals surface area contributed by atoms with Gasteiger partial charge in [0, 0.05) is 31.9 Å². The Morgan fingerprint density at radius 2 is 2.16 bits per heavy atom. The lowest BCUT2D eigenvalue weighted by atomic mass is 10.2. The van der Waals surface area contributed by atoms with E-state index < -0.39 is 0 Å². The molecule has 0 aliphatic rings. The summed E-state index contributed by atoms with van der Waals surface area (Å²) in [5.41, 5.74) is 0.462. The Hall–Kier alpha value is -2.24. The molecule has 19 heavy (non-hydrogen) atoms. The van der Waals surface area contributed by atoms with Crippen molar-refractivity contribution in [3.05, 3.63) is 47.4 Å². The van der Waals surface area contributed by atoms with Crippen LogP contribution in [-0.4, -0.2) is 16.1 Å². The number of nitrogens with one attached hydrogen (secondary N) is 1. The topological polar surface area (TPSA) is 68.0 Å². The summed E-state index contributed by atoms with van der Waals surface area (Å²) < 4.78 is 18.5. The van der Waals surface area contributed by atoms with Gasteiger partial charge in [0.05, 0.1) is 0 Å². The van der Waals surface area contributed by atoms with Gasteiger partial charge in [0.25, 0.3) is 0 Å². The third kappa shape index (κ3) is 3.87. The lowest BCUT2D eigenvalue weighted by Crippen LogP contribution is -2.23. The van der Waals surface area contributed by atoms with Crippen LogP contribution in [-0.2, 0) is 17.8 Å². The first-order valence-electron chi connectivity index (χ1n) is 5.94. The number of carbonyl (C=O) groups is 1. The lowest BCUT2D eigenvalue weighted by Gasteiger charge is -2.05. The zero-order valence-corrected chi connectivity index (χ0v) is 10.5. The Kier molecular flexibility index (Phi) is 4.22. The van der Waals surface area contributed by atoms with Gasteiger partial charge in [0.15, 0.2) is 0 Å². The molecule has 2 aromatic rings. The van der Waals surface area contributed by atoms with Crippen LogP contribution in [0, 0.1) is 12.7 Å². The number of halogens is 1. The van der Waals surface area contributed by atoms with E-state index in [-0.39, 0.29) is 24.7 Å². The van der Waals surface area contributed by atoms with Crippen molar-refractivity contribution in [3.63, 3.8) is 0 Å². The number of amides is 1. The average Bonchev–Trinajstić information content (AvgIpc) is 2.81. The summed E-state index contributed by atoms with van der Waals surface area (Å²) in [6.07, 6.45) is 0.611. The highest BCUT2D eigenvalue weighted by Crippen LogP contribution is 2.06. The fourth-order valence-corrected chi connectivity index (χ4v) is 1.58. The minimum atomic E-state index is -0.324. The van der Waals surface area contributed by atoms with E-state index in [4.69, 9.17) is 4.42 Å². The number of hydrogen-bond donors (Lipinski definition) is 1. The van der Waals surface area contributed by atoms with Crippen molar-refractivity contribution in [3.8, 4) is 0 Å². The van der Waals surface area contributed by atoms with Gasteiger partial charge in [-0.15, -0.1) is 10.2 Å². The summed E-state index contributed by atoms with van der Waals surface area (Å²) in [4.78, 5) is 11.6. The Labute approximate surface area is 109 Å². The molecule has 1 amide bonds. The maximum absolute atomic E-state index is 13.3. The monoisotopic (exact) mass is 263 g/mol. The lowest BCUT2D eigenvalue weighted by molar-refractivity contribution is -0.121. The normalized spacial score (nSPS) is 10.4. The molecular formula is C13H14FN3O2. The average molecular weight is 263 g/mol. The van der Waals surface area contributed by atoms with Gasteiger partial charge in [-0.1, -0.05) is 18.2 Å². The fraction of sp³-hybridized carbons (Fsp3) is 0.308. The van der Waals surface area contributed by atoms with Gasteiger partial charge in [-0.2, -0.15) is 0 Å². The molecule has 0 radical (unpaired) electrons. The SMILES string of the molecule is Cc1nnc(CCC(=O)NCc2ccccc2F)o1. The minimum Gasteiger partial charge on any atom is -0.426 e. The van der Waals surface area contributed by atoms with E-state index in [2.05, 4.69) is 15.5 Å². The molecule has 0 atom stereocenters. The van der Waals surface area contributed by atoms with Crippen LogP contribution in [0.5, 0.6) is 0 Å². The van der Waals surface area contributed by atoms with Crippen LogP contribution in [0.1, 0.15) is 23.8 Å². The molecule has 0 saturated carbocycles. The molecule has 0 aliphatic carbocycles. The Morgan fingerprint density at radius 1 is 1.37 bits per heavy atom. The summed E-state index contributed by atoms with van der Waals surface area (Å²) in [5.74, 6) is 0.398. The highest BCUT2D eigenvalue weighted by Gasteiger charge is 2.08. The van der Waals surface area contributed by atoms with E-state index in [9.17, 15) is 9.18 Å². The van der Waals surface area contributed by atoms with Crippen molar-refractivity contribution in [1.29, 1.82) is 0 Å². The fourth-order valence-electron chi connectivity index (χ4n) is 1.58. The molecule has 0 bridgehead atoms. The van der Waals surface area contributed by atoms with Gasteiger partial charge in [0.1, 0.15) is 5.82 Å². The van der Waals surface area contributed by atoms with Gasteiger partial charge in [0.2, 0.25) is 17.7 Å². The Morgan fingerprint density at radius 3 is 2.84 bits per heavy atom. The second-order valence-corrected chi connectivity index (χ2v) is 4.08. The molecule has 0 spiro atoms. The summed E-state index contributed by atoms with van der Waals surface area (Å²) in [5, 5.41) is 10.1. The van der Waals surface area contributed by atoms with Gasteiger partial charge in [-0.3, -0.25) is 4.79 Å². The van der Waals surface area contributed by atoms with Crippen molar-refractivity contribution in [2.45, 2.75) is 26.3 Å². The molecule has 0 aliphatic heterocycles. The van der Waals surface area contributed by atoms with Crippen LogP contribution >= 0.6 is 0 Å². The molecule has 1 aromatic heterocycles. The molecule has 0 unspecified atom stereocenters. The molecule has 0 fully saturated rings. The molecule has 0 saturated heterocycles. The number of carbonyl (C=O) groups excluding carboxylic acids is 1. The molecule has 1 heterocycles. The van der Waals surface area contributed by atoms with Crippen LogP contribution in [0.25, 0.3) is 0 Å². The van der Waals surface area contributed by atoms with E-state index in [0.29, 0.717) is 23.8 Å². The maximum Gasteiger partial charge on any atom is 0.220 e. The molecule has 1 N–H and O–H groups in total. The molecule has 2 rings (SSSR count). The third-order valence-corrected chi connectivity index (χ3v) is 2.57. The predicted octanol–water partition coefficient (Wildman–Crippen LogP) is 1.77. The quantitative estimate of drug-likeness (QED) is 0.892. The van der Waals surface area contributed by atoms with Crippen molar-refractivity contribution in [1.82, 2.24) is 15.5 Å². The van der Waals surface area contributed by atoms with E-state index in [1.54, 1.807) is 25.1 Å². The van der Waals surface area contributed by atoms with Gasteiger partial charge in [-0.05, 0) is 6.07 Å². The van der Waals surface area contributed by atoms with Crippen LogP contribution in [0.4, 0.5) is 4.39 Å². The summed E-state index contributed by atoms with van der Waals surface area (Å²) in [6.45, 7) is 1.86. The van der Waals surface area contributed by atoms with E-state index in [1.807, 2.05) is 0 Å². The van der Waals surface area contributed by atoms with E-state index >= 15 is 0 Å². The third-order valence-electron chi connectivity index (χ3n) is 2.57. The van der Waals surface area contributed by atoms with Crippen molar-refractivity contribution in [2.24, 2.45) is 0 Å². The molecule has 6 heteroatoms. The zero-order chi connectivity index (χ0) is 13.7. The van der Waals surface area contributed by atoms with Crippen molar-refractivity contribution < 1.29 is 13.6 Å². The van der Waals surface area contributed by atoms with E-state index in [0.717, 1.165) is 0 Å². The van der Waals surface area contributed by atoms with Crippen molar-refractivity contribution >= 4 is 5.91 Å². The first-order valence-corrected chi connectivity index (χ1v) is 5.94. The van der Waals surface area contributed by atoms with Gasteiger partial charge >= 0.3 is 0 Å². The number of rotatable bonds is 5. The summed E-state index contributed by atoms with van der Waals surface area (Å²) in [7, 11) is 0. The van der Waals surface area contributed by atoms with Gasteiger partial charge < -0.3 is 9.73 Å². The zero-order valence-electron chi connectivity index (χ0n) is 10.5. The predicted molar refractivity (Wildman–Crippen MR) is 65.6 cm³/mol. The van der Waals surface area contributed by atoms with Crippen LogP contribution in [0.2, 0.25) is 0 Å². The number of nitrogens with zero attached hydrogens (tertiary/aromatic N) is 2. The minimum absolute atomic E-state index is 0.175. The molecular weight excluding hydrogens is 249 g/mol. The smallest absolute Gasteiger partial charge is 0.220 e. The summed E-state index contributed by atoms with van der Waals surface area (Å²) in [6, 6.07) is 6.34. The maximum atomic E-state index is 13.3. The van der Waals surface area contributed by atoms with Crippen LogP contribution in [0.3, 0.4) is 0 Å². The van der Waals surface area contributed by atoms with Crippen molar-refractivity contribution in [2.75, 3.05) is 0 Å². The van der Waals surface area contributed by atoms with Gasteiger partial charge in [-0.25, -0.2) is 4.39 Å². The molecule has 1 aromatic carbocycles. The second kappa shape index (κ2) is 6.08. The molecule has 5 nitrogen and oxygen atoms in total. The Bertz CT molecular complexity index is 569. The highest BCUT2D eigenvalue weighted by atomic mass is 19.1. The number of aryl methyl sites for hydroxylation is 2. The number of aromatic nitrogens is 2. The number of hydrogen-bond acceptors (Lipinski definition) is 4. The Balaban J connectivity index is 1.77. The molecule has 100 valence electrons. The standard InChI is InChI=1S/C13H14FN3O2/c1-9-16-17-13(19-9)7-6-12(18)15-8-10-4-2-3-5-11(10)14/h2-5H,6-8H2,1H3,(H,15,18). The summed E-state index contributed by atoms with van der Waals surface area (Å²) >= 11 is 0. The van der Waals surface area contributed by atoms with Crippen LogP contribution < -0.4 is 5.32 Å². The van der Waals surface area contributed by atoms with E-state index in [1.165, 1.54) is 6.07 Å². The first kappa shape index (κ1) is 13.2. The highest BCUT2D eigenvalue weighted by molar-refractivity contribution is 5.76.